The zero-order valence-electron chi connectivity index (χ0n) is 11.3. The lowest BCUT2D eigenvalue weighted by Gasteiger charge is -2.24. The summed E-state index contributed by atoms with van der Waals surface area (Å²) in [5.74, 6) is 0.652. The Morgan fingerprint density at radius 3 is 2.83 bits per heavy atom. The summed E-state index contributed by atoms with van der Waals surface area (Å²) < 4.78 is 5.87. The Balaban J connectivity index is 2.04. The fourth-order valence-corrected chi connectivity index (χ4v) is 1.72. The van der Waals surface area contributed by atoms with Crippen molar-refractivity contribution in [1.29, 1.82) is 0 Å². The van der Waals surface area contributed by atoms with Gasteiger partial charge in [0.15, 0.2) is 0 Å². The normalized spacial score (nSPS) is 15.8. The van der Waals surface area contributed by atoms with Crippen molar-refractivity contribution in [3.63, 3.8) is 0 Å². The van der Waals surface area contributed by atoms with Crippen LogP contribution in [0.5, 0.6) is 5.88 Å². The number of hydrogen-bond acceptors (Lipinski definition) is 3. The van der Waals surface area contributed by atoms with Crippen LogP contribution >= 0.6 is 11.6 Å². The van der Waals surface area contributed by atoms with E-state index in [1.807, 2.05) is 6.07 Å². The molecule has 0 saturated heterocycles. The molecule has 18 heavy (non-hydrogen) atoms. The van der Waals surface area contributed by atoms with Crippen LogP contribution in [-0.2, 0) is 6.54 Å². The van der Waals surface area contributed by atoms with Crippen LogP contribution in [0.3, 0.4) is 0 Å². The van der Waals surface area contributed by atoms with Crippen LogP contribution < -0.4 is 10.1 Å². The van der Waals surface area contributed by atoms with E-state index < -0.39 is 0 Å². The average molecular weight is 269 g/mol. The molecule has 1 heterocycles. The number of nitrogens with zero attached hydrogens (tertiary/aromatic N) is 1. The number of halogens is 1. The minimum Gasteiger partial charge on any atom is -0.472 e. The van der Waals surface area contributed by atoms with E-state index in [2.05, 4.69) is 31.1 Å². The molecule has 0 radical (unpaired) electrons. The van der Waals surface area contributed by atoms with Gasteiger partial charge in [-0.3, -0.25) is 0 Å². The predicted molar refractivity (Wildman–Crippen MR) is 74.1 cm³/mol. The Morgan fingerprint density at radius 2 is 2.22 bits per heavy atom. The fraction of sp³-hybridized carbons (Fsp3) is 0.643. The Kier molecular flexibility index (Phi) is 4.13. The van der Waals surface area contributed by atoms with Gasteiger partial charge < -0.3 is 10.1 Å². The van der Waals surface area contributed by atoms with Gasteiger partial charge in [-0.15, -0.1) is 0 Å². The van der Waals surface area contributed by atoms with E-state index in [0.29, 0.717) is 16.9 Å². The van der Waals surface area contributed by atoms with Crippen LogP contribution in [0.25, 0.3) is 0 Å². The lowest BCUT2D eigenvalue weighted by atomic mass is 10.1. The number of rotatable bonds is 6. The van der Waals surface area contributed by atoms with Gasteiger partial charge in [0, 0.05) is 24.8 Å². The van der Waals surface area contributed by atoms with Gasteiger partial charge in [0.2, 0.25) is 5.88 Å². The molecule has 0 amide bonds. The summed E-state index contributed by atoms with van der Waals surface area (Å²) in [6.07, 6.45) is 5.16. The second-order valence-electron chi connectivity index (χ2n) is 5.48. The fourth-order valence-electron chi connectivity index (χ4n) is 1.55. The second kappa shape index (κ2) is 5.45. The smallest absolute Gasteiger partial charge is 0.214 e. The Hall–Kier alpha value is -0.800. The van der Waals surface area contributed by atoms with Gasteiger partial charge in [0.25, 0.3) is 0 Å². The third-order valence-corrected chi connectivity index (χ3v) is 3.64. The van der Waals surface area contributed by atoms with Gasteiger partial charge in [-0.1, -0.05) is 18.5 Å². The minimum atomic E-state index is -0.192. The number of pyridine rings is 1. The summed E-state index contributed by atoms with van der Waals surface area (Å²) in [6.45, 7) is 7.01. The van der Waals surface area contributed by atoms with Crippen LogP contribution in [0.4, 0.5) is 0 Å². The molecule has 1 fully saturated rings. The van der Waals surface area contributed by atoms with Crippen molar-refractivity contribution in [3.05, 3.63) is 22.8 Å². The van der Waals surface area contributed by atoms with Crippen molar-refractivity contribution in [2.24, 2.45) is 0 Å². The molecule has 0 unspecified atom stereocenters. The SMILES string of the molecule is CCC(C)(C)Oc1cc(CNC2CC2)c(Cl)cn1. The quantitative estimate of drug-likeness (QED) is 0.857. The second-order valence-corrected chi connectivity index (χ2v) is 5.89. The maximum absolute atomic E-state index is 6.15. The molecule has 1 aliphatic rings. The molecule has 2 rings (SSSR count). The van der Waals surface area contributed by atoms with Gasteiger partial charge in [0.1, 0.15) is 5.60 Å². The van der Waals surface area contributed by atoms with Crippen LogP contribution in [0.2, 0.25) is 5.02 Å². The maximum atomic E-state index is 6.15. The van der Waals surface area contributed by atoms with Gasteiger partial charge in [0.05, 0.1) is 5.02 Å². The largest absolute Gasteiger partial charge is 0.472 e. The monoisotopic (exact) mass is 268 g/mol. The van der Waals surface area contributed by atoms with E-state index >= 15 is 0 Å². The van der Waals surface area contributed by atoms with E-state index in [4.69, 9.17) is 16.3 Å². The van der Waals surface area contributed by atoms with Gasteiger partial charge in [-0.05, 0) is 38.7 Å². The van der Waals surface area contributed by atoms with Crippen molar-refractivity contribution in [2.45, 2.75) is 58.2 Å². The highest BCUT2D eigenvalue weighted by molar-refractivity contribution is 6.31. The molecule has 0 aromatic carbocycles. The van der Waals surface area contributed by atoms with Crippen molar-refractivity contribution in [2.75, 3.05) is 0 Å². The Labute approximate surface area is 114 Å². The predicted octanol–water partition coefficient (Wildman–Crippen LogP) is 3.55. The Bertz CT molecular complexity index is 416. The summed E-state index contributed by atoms with van der Waals surface area (Å²) in [5.41, 5.74) is 0.864. The van der Waals surface area contributed by atoms with E-state index in [1.54, 1.807) is 6.20 Å². The molecule has 0 aliphatic heterocycles. The highest BCUT2D eigenvalue weighted by Crippen LogP contribution is 2.25. The van der Waals surface area contributed by atoms with Crippen LogP contribution in [-0.4, -0.2) is 16.6 Å². The minimum absolute atomic E-state index is 0.192. The van der Waals surface area contributed by atoms with E-state index in [1.165, 1.54) is 12.8 Å². The summed E-state index contributed by atoms with van der Waals surface area (Å²) in [5, 5.41) is 4.15. The van der Waals surface area contributed by atoms with Crippen LogP contribution in [0.15, 0.2) is 12.3 Å². The van der Waals surface area contributed by atoms with Gasteiger partial charge >= 0.3 is 0 Å². The number of ether oxygens (including phenoxy) is 1. The van der Waals surface area contributed by atoms with Gasteiger partial charge in [-0.25, -0.2) is 4.98 Å². The van der Waals surface area contributed by atoms with E-state index in [0.717, 1.165) is 18.5 Å². The zero-order valence-corrected chi connectivity index (χ0v) is 12.0. The molecular weight excluding hydrogens is 248 g/mol. The molecule has 1 N–H and O–H groups in total. The highest BCUT2D eigenvalue weighted by atomic mass is 35.5. The molecular formula is C14H21ClN2O. The summed E-state index contributed by atoms with van der Waals surface area (Å²) >= 11 is 6.15. The van der Waals surface area contributed by atoms with Crippen LogP contribution in [0, 0.1) is 0 Å². The maximum Gasteiger partial charge on any atom is 0.214 e. The summed E-state index contributed by atoms with van der Waals surface area (Å²) in [7, 11) is 0. The number of aromatic nitrogens is 1. The molecule has 4 heteroatoms. The lowest BCUT2D eigenvalue weighted by molar-refractivity contribution is 0.0989. The van der Waals surface area contributed by atoms with Crippen LogP contribution in [0.1, 0.15) is 45.6 Å². The third-order valence-electron chi connectivity index (χ3n) is 3.30. The first-order chi connectivity index (χ1) is 8.50. The topological polar surface area (TPSA) is 34.1 Å². The molecule has 0 spiro atoms. The zero-order chi connectivity index (χ0) is 13.2. The highest BCUT2D eigenvalue weighted by Gasteiger charge is 2.21. The molecule has 0 bridgehead atoms. The molecule has 0 atom stereocenters. The molecule has 1 saturated carbocycles. The van der Waals surface area contributed by atoms with Crippen molar-refractivity contribution >= 4 is 11.6 Å². The first-order valence-electron chi connectivity index (χ1n) is 6.57. The van der Waals surface area contributed by atoms with Crippen molar-refractivity contribution < 1.29 is 4.74 Å². The van der Waals surface area contributed by atoms with E-state index in [9.17, 15) is 0 Å². The molecule has 1 aliphatic carbocycles. The number of nitrogens with one attached hydrogen (secondary N) is 1. The first-order valence-corrected chi connectivity index (χ1v) is 6.95. The van der Waals surface area contributed by atoms with Gasteiger partial charge in [-0.2, -0.15) is 0 Å². The third kappa shape index (κ3) is 3.85. The standard InChI is InChI=1S/C14H21ClN2O/c1-4-14(2,3)18-13-7-10(12(15)9-17-13)8-16-11-5-6-11/h7,9,11,16H,4-6,8H2,1-3H3. The average Bonchev–Trinajstić information content (AvgIpc) is 3.13. The molecule has 3 nitrogen and oxygen atoms in total. The first kappa shape index (κ1) is 13.6. The number of hydrogen-bond donors (Lipinski definition) is 1. The van der Waals surface area contributed by atoms with E-state index in [-0.39, 0.29) is 5.60 Å². The van der Waals surface area contributed by atoms with Crippen molar-refractivity contribution in [3.8, 4) is 5.88 Å². The molecule has 100 valence electrons. The summed E-state index contributed by atoms with van der Waals surface area (Å²) in [6, 6.07) is 2.61. The molecule has 1 aromatic heterocycles. The molecule has 1 aromatic rings. The lowest BCUT2D eigenvalue weighted by Crippen LogP contribution is -2.27. The van der Waals surface area contributed by atoms with Crippen molar-refractivity contribution in [1.82, 2.24) is 10.3 Å². The summed E-state index contributed by atoms with van der Waals surface area (Å²) in [4.78, 5) is 4.23. The Morgan fingerprint density at radius 1 is 1.50 bits per heavy atom.